The van der Waals surface area contributed by atoms with E-state index in [0.29, 0.717) is 16.0 Å². The Bertz CT molecular complexity index is 459. The third kappa shape index (κ3) is 2.59. The molecule has 0 spiro atoms. The van der Waals surface area contributed by atoms with Crippen LogP contribution in [0.3, 0.4) is 0 Å². The third-order valence-electron chi connectivity index (χ3n) is 3.57. The molecule has 1 saturated carbocycles. The van der Waals surface area contributed by atoms with Crippen molar-refractivity contribution in [3.63, 3.8) is 0 Å². The van der Waals surface area contributed by atoms with Crippen molar-refractivity contribution in [3.8, 4) is 11.5 Å². The van der Waals surface area contributed by atoms with Gasteiger partial charge in [0.2, 0.25) is 0 Å². The van der Waals surface area contributed by atoms with E-state index in [0.717, 1.165) is 18.4 Å². The molecule has 1 aliphatic carbocycles. The molecule has 0 radical (unpaired) electrons. The summed E-state index contributed by atoms with van der Waals surface area (Å²) in [6.07, 6.45) is 2.01. The van der Waals surface area contributed by atoms with E-state index in [4.69, 9.17) is 14.2 Å². The highest BCUT2D eigenvalue weighted by atomic mass is 79.9. The second kappa shape index (κ2) is 5.69. The van der Waals surface area contributed by atoms with Crippen molar-refractivity contribution in [3.05, 3.63) is 22.2 Å². The average Bonchev–Trinajstić information content (AvgIpc) is 3.23. The van der Waals surface area contributed by atoms with E-state index in [1.165, 1.54) is 0 Å². The Labute approximate surface area is 121 Å². The number of methoxy groups -OCH3 is 3. The maximum atomic E-state index is 11.0. The number of benzene rings is 1. The van der Waals surface area contributed by atoms with Crippen LogP contribution in [0.2, 0.25) is 0 Å². The first-order chi connectivity index (χ1) is 9.08. The molecule has 0 aromatic heterocycles. The first kappa shape index (κ1) is 14.6. The Kier molecular flexibility index (Phi) is 4.38. The van der Waals surface area contributed by atoms with Gasteiger partial charge in [-0.1, -0.05) is 0 Å². The molecule has 1 fully saturated rings. The van der Waals surface area contributed by atoms with Crippen LogP contribution in [0.5, 0.6) is 11.5 Å². The minimum Gasteiger partial charge on any atom is -0.495 e. The van der Waals surface area contributed by atoms with Crippen LogP contribution in [0.15, 0.2) is 16.6 Å². The summed E-state index contributed by atoms with van der Waals surface area (Å²) in [5, 5.41) is 11.0. The number of halogens is 1. The minimum atomic E-state index is -1.01. The van der Waals surface area contributed by atoms with Gasteiger partial charge in [-0.05, 0) is 46.8 Å². The van der Waals surface area contributed by atoms with E-state index in [2.05, 4.69) is 15.9 Å². The van der Waals surface area contributed by atoms with Crippen molar-refractivity contribution in [2.45, 2.75) is 18.4 Å². The monoisotopic (exact) mass is 330 g/mol. The standard InChI is InChI=1S/C14H19BrO4/c1-17-8-14(16,9-4-5-9)10-6-7-11(18-2)12(15)13(10)19-3/h6-7,9,16H,4-5,8H2,1-3H3. The van der Waals surface area contributed by atoms with Gasteiger partial charge < -0.3 is 19.3 Å². The molecule has 0 saturated heterocycles. The Balaban J connectivity index is 2.50. The predicted molar refractivity (Wildman–Crippen MR) is 75.7 cm³/mol. The number of rotatable bonds is 6. The summed E-state index contributed by atoms with van der Waals surface area (Å²) in [4.78, 5) is 0. The Morgan fingerprint density at radius 1 is 1.26 bits per heavy atom. The van der Waals surface area contributed by atoms with Gasteiger partial charge in [-0.15, -0.1) is 0 Å². The molecule has 5 heteroatoms. The van der Waals surface area contributed by atoms with E-state index in [9.17, 15) is 5.11 Å². The highest BCUT2D eigenvalue weighted by molar-refractivity contribution is 9.10. The van der Waals surface area contributed by atoms with Gasteiger partial charge in [-0.3, -0.25) is 0 Å². The lowest BCUT2D eigenvalue weighted by molar-refractivity contribution is -0.0546. The Morgan fingerprint density at radius 2 is 1.95 bits per heavy atom. The van der Waals surface area contributed by atoms with E-state index in [-0.39, 0.29) is 12.5 Å². The zero-order chi connectivity index (χ0) is 14.0. The largest absolute Gasteiger partial charge is 0.495 e. The molecule has 0 heterocycles. The summed E-state index contributed by atoms with van der Waals surface area (Å²) in [5.41, 5.74) is -0.262. The number of hydrogen-bond donors (Lipinski definition) is 1. The first-order valence-electron chi connectivity index (χ1n) is 6.20. The van der Waals surface area contributed by atoms with Gasteiger partial charge in [-0.25, -0.2) is 0 Å². The molecular weight excluding hydrogens is 312 g/mol. The molecule has 1 aliphatic rings. The van der Waals surface area contributed by atoms with Crippen LogP contribution in [-0.2, 0) is 10.3 Å². The van der Waals surface area contributed by atoms with Crippen LogP contribution >= 0.6 is 15.9 Å². The molecule has 0 aliphatic heterocycles. The lowest BCUT2D eigenvalue weighted by Crippen LogP contribution is -2.34. The predicted octanol–water partition coefficient (Wildman–Crippen LogP) is 2.71. The summed E-state index contributed by atoms with van der Waals surface area (Å²) in [5.74, 6) is 1.50. The van der Waals surface area contributed by atoms with Crippen molar-refractivity contribution < 1.29 is 19.3 Å². The van der Waals surface area contributed by atoms with E-state index in [1.54, 1.807) is 21.3 Å². The Hall–Kier alpha value is -0.780. The van der Waals surface area contributed by atoms with E-state index < -0.39 is 5.60 Å². The molecule has 19 heavy (non-hydrogen) atoms. The second-order valence-corrected chi connectivity index (χ2v) is 5.59. The Morgan fingerprint density at radius 3 is 2.42 bits per heavy atom. The van der Waals surface area contributed by atoms with Gasteiger partial charge in [-0.2, -0.15) is 0 Å². The topological polar surface area (TPSA) is 47.9 Å². The van der Waals surface area contributed by atoms with Gasteiger partial charge in [0.15, 0.2) is 0 Å². The fraction of sp³-hybridized carbons (Fsp3) is 0.571. The maximum Gasteiger partial charge on any atom is 0.142 e. The van der Waals surface area contributed by atoms with E-state index >= 15 is 0 Å². The molecule has 4 nitrogen and oxygen atoms in total. The van der Waals surface area contributed by atoms with Crippen LogP contribution in [0.25, 0.3) is 0 Å². The van der Waals surface area contributed by atoms with Crippen LogP contribution in [0.1, 0.15) is 18.4 Å². The average molecular weight is 331 g/mol. The molecule has 0 bridgehead atoms. The summed E-state index contributed by atoms with van der Waals surface area (Å²) in [6, 6.07) is 3.67. The van der Waals surface area contributed by atoms with Crippen molar-refractivity contribution in [1.82, 2.24) is 0 Å². The van der Waals surface area contributed by atoms with Gasteiger partial charge in [0, 0.05) is 12.7 Å². The molecule has 1 N–H and O–H groups in total. The molecule has 2 rings (SSSR count). The highest BCUT2D eigenvalue weighted by Gasteiger charge is 2.47. The number of aliphatic hydroxyl groups is 1. The van der Waals surface area contributed by atoms with Gasteiger partial charge in [0.1, 0.15) is 21.6 Å². The second-order valence-electron chi connectivity index (χ2n) is 4.79. The smallest absolute Gasteiger partial charge is 0.142 e. The quantitative estimate of drug-likeness (QED) is 0.871. The normalized spacial score (nSPS) is 17.9. The lowest BCUT2D eigenvalue weighted by Gasteiger charge is -2.30. The SMILES string of the molecule is COCC(O)(c1ccc(OC)c(Br)c1OC)C1CC1. The van der Waals surface area contributed by atoms with Crippen LogP contribution in [-0.4, -0.2) is 33.0 Å². The fourth-order valence-electron chi connectivity index (χ4n) is 2.43. The summed E-state index contributed by atoms with van der Waals surface area (Å²) >= 11 is 3.46. The first-order valence-corrected chi connectivity index (χ1v) is 7.00. The number of hydrogen-bond acceptors (Lipinski definition) is 4. The van der Waals surface area contributed by atoms with Crippen LogP contribution in [0.4, 0.5) is 0 Å². The summed E-state index contributed by atoms with van der Waals surface area (Å²) < 4.78 is 16.6. The molecule has 1 atom stereocenters. The van der Waals surface area contributed by atoms with Gasteiger partial charge >= 0.3 is 0 Å². The number of ether oxygens (including phenoxy) is 3. The van der Waals surface area contributed by atoms with E-state index in [1.807, 2.05) is 12.1 Å². The maximum absolute atomic E-state index is 11.0. The molecule has 0 amide bonds. The van der Waals surface area contributed by atoms with Crippen LogP contribution < -0.4 is 9.47 Å². The third-order valence-corrected chi connectivity index (χ3v) is 4.32. The van der Waals surface area contributed by atoms with Crippen molar-refractivity contribution in [1.29, 1.82) is 0 Å². The highest BCUT2D eigenvalue weighted by Crippen LogP contribution is 2.51. The zero-order valence-corrected chi connectivity index (χ0v) is 13.0. The molecule has 106 valence electrons. The molecule has 1 unspecified atom stereocenters. The fourth-order valence-corrected chi connectivity index (χ4v) is 3.10. The zero-order valence-electron chi connectivity index (χ0n) is 11.4. The molecular formula is C14H19BrO4. The molecule has 1 aromatic rings. The van der Waals surface area contributed by atoms with Crippen molar-refractivity contribution in [2.75, 3.05) is 27.9 Å². The van der Waals surface area contributed by atoms with Gasteiger partial charge in [0.05, 0.1) is 20.8 Å². The minimum absolute atomic E-state index is 0.224. The molecule has 1 aromatic carbocycles. The summed E-state index contributed by atoms with van der Waals surface area (Å²) in [6.45, 7) is 0.257. The van der Waals surface area contributed by atoms with Crippen molar-refractivity contribution >= 4 is 15.9 Å². The van der Waals surface area contributed by atoms with Crippen LogP contribution in [0, 0.1) is 5.92 Å². The van der Waals surface area contributed by atoms with Crippen molar-refractivity contribution in [2.24, 2.45) is 5.92 Å². The lowest BCUT2D eigenvalue weighted by atomic mass is 9.88. The summed E-state index contributed by atoms with van der Waals surface area (Å²) in [7, 11) is 4.78. The van der Waals surface area contributed by atoms with Gasteiger partial charge in [0.25, 0.3) is 0 Å².